The second kappa shape index (κ2) is 4.40. The van der Waals surface area contributed by atoms with Gasteiger partial charge in [0.2, 0.25) is 0 Å². The molecule has 0 aliphatic heterocycles. The first-order chi connectivity index (χ1) is 9.15. The largest absolute Gasteiger partial charge is 0.382 e. The summed E-state index contributed by atoms with van der Waals surface area (Å²) in [4.78, 5) is 8.24. The first kappa shape index (κ1) is 11.7. The Hall–Kier alpha value is -2.34. The van der Waals surface area contributed by atoms with Gasteiger partial charge in [-0.15, -0.1) is 0 Å². The van der Waals surface area contributed by atoms with Crippen molar-refractivity contribution in [2.45, 2.75) is 0 Å². The van der Waals surface area contributed by atoms with E-state index >= 15 is 0 Å². The maximum atomic E-state index is 13.7. The molecule has 3 N–H and O–H groups in total. The number of rotatable bonds is 2. The smallest absolute Gasteiger partial charge is 0.180 e. The lowest BCUT2D eigenvalue weighted by Crippen LogP contribution is -2.03. The fourth-order valence-electron chi connectivity index (χ4n) is 1.77. The molecule has 0 radical (unpaired) electrons. The number of hydrogen-bond acceptors (Lipinski definition) is 4. The van der Waals surface area contributed by atoms with Gasteiger partial charge in [0.1, 0.15) is 11.6 Å². The number of para-hydroxylation sites is 1. The number of nitrogen functional groups attached to an aromatic ring is 1. The van der Waals surface area contributed by atoms with Gasteiger partial charge in [-0.05, 0) is 12.1 Å². The highest BCUT2D eigenvalue weighted by atomic mass is 35.5. The van der Waals surface area contributed by atoms with Gasteiger partial charge in [0, 0.05) is 12.4 Å². The molecule has 96 valence electrons. The second-order valence-electron chi connectivity index (χ2n) is 3.89. The molecule has 0 saturated heterocycles. The summed E-state index contributed by atoms with van der Waals surface area (Å²) in [5, 5.41) is 3.09. The SMILES string of the molecule is Nc1cn2ccnc2c(Nc2c(F)cccc2Cl)n1. The van der Waals surface area contributed by atoms with E-state index in [1.807, 2.05) is 0 Å². The van der Waals surface area contributed by atoms with E-state index in [-0.39, 0.29) is 10.7 Å². The third-order valence-electron chi connectivity index (χ3n) is 2.60. The van der Waals surface area contributed by atoms with E-state index in [2.05, 4.69) is 15.3 Å². The average Bonchev–Trinajstić information content (AvgIpc) is 2.81. The molecule has 7 heteroatoms. The minimum atomic E-state index is -0.471. The zero-order valence-electron chi connectivity index (χ0n) is 9.64. The minimum Gasteiger partial charge on any atom is -0.382 e. The van der Waals surface area contributed by atoms with Crippen molar-refractivity contribution in [2.24, 2.45) is 0 Å². The number of nitrogens with two attached hydrogens (primary N) is 1. The number of nitrogens with zero attached hydrogens (tertiary/aromatic N) is 3. The van der Waals surface area contributed by atoms with E-state index in [9.17, 15) is 4.39 Å². The fraction of sp³-hybridized carbons (Fsp3) is 0. The molecule has 2 aromatic heterocycles. The van der Waals surface area contributed by atoms with Crippen LogP contribution in [0.3, 0.4) is 0 Å². The van der Waals surface area contributed by atoms with Crippen LogP contribution in [0.2, 0.25) is 5.02 Å². The van der Waals surface area contributed by atoms with Crippen molar-refractivity contribution in [3.05, 3.63) is 47.6 Å². The van der Waals surface area contributed by atoms with Gasteiger partial charge in [-0.3, -0.25) is 0 Å². The lowest BCUT2D eigenvalue weighted by Gasteiger charge is -2.10. The lowest BCUT2D eigenvalue weighted by atomic mass is 10.3. The Morgan fingerprint density at radius 2 is 2.21 bits per heavy atom. The summed E-state index contributed by atoms with van der Waals surface area (Å²) in [7, 11) is 0. The van der Waals surface area contributed by atoms with Crippen molar-refractivity contribution in [1.82, 2.24) is 14.4 Å². The van der Waals surface area contributed by atoms with Crippen LogP contribution in [0.1, 0.15) is 0 Å². The maximum absolute atomic E-state index is 13.7. The highest BCUT2D eigenvalue weighted by Gasteiger charge is 2.11. The van der Waals surface area contributed by atoms with Crippen molar-refractivity contribution < 1.29 is 4.39 Å². The Morgan fingerprint density at radius 3 is 3.00 bits per heavy atom. The Balaban J connectivity index is 2.13. The monoisotopic (exact) mass is 277 g/mol. The normalized spacial score (nSPS) is 10.8. The highest BCUT2D eigenvalue weighted by Crippen LogP contribution is 2.29. The van der Waals surface area contributed by atoms with E-state index in [1.54, 1.807) is 29.1 Å². The summed E-state index contributed by atoms with van der Waals surface area (Å²) in [6.07, 6.45) is 4.95. The molecule has 1 aromatic carbocycles. The minimum absolute atomic E-state index is 0.146. The number of halogens is 2. The standard InChI is InChI=1S/C12H9ClFN5/c13-7-2-1-3-8(14)10(7)18-11-12-16-4-5-19(12)6-9(15)17-11/h1-6H,15H2,(H,17,18). The molecule has 3 rings (SSSR count). The first-order valence-electron chi connectivity index (χ1n) is 5.45. The Morgan fingerprint density at radius 1 is 1.37 bits per heavy atom. The summed E-state index contributed by atoms with van der Waals surface area (Å²) in [5.41, 5.74) is 6.37. The van der Waals surface area contributed by atoms with E-state index in [4.69, 9.17) is 17.3 Å². The molecule has 0 spiro atoms. The summed E-state index contributed by atoms with van der Waals surface area (Å²) < 4.78 is 15.4. The van der Waals surface area contributed by atoms with Crippen LogP contribution in [0.15, 0.2) is 36.8 Å². The molecule has 0 amide bonds. The quantitative estimate of drug-likeness (QED) is 0.756. The van der Waals surface area contributed by atoms with Crippen LogP contribution in [0.4, 0.5) is 21.7 Å². The number of anilines is 3. The number of aromatic nitrogens is 3. The van der Waals surface area contributed by atoms with Crippen molar-refractivity contribution in [3.63, 3.8) is 0 Å². The summed E-state index contributed by atoms with van der Waals surface area (Å²) in [6, 6.07) is 4.42. The number of imidazole rings is 1. The molecule has 0 atom stereocenters. The van der Waals surface area contributed by atoms with Gasteiger partial charge in [0.15, 0.2) is 11.5 Å². The predicted octanol–water partition coefficient (Wildman–Crippen LogP) is 2.85. The van der Waals surface area contributed by atoms with Gasteiger partial charge in [-0.1, -0.05) is 17.7 Å². The van der Waals surface area contributed by atoms with Crippen LogP contribution >= 0.6 is 11.6 Å². The summed E-state index contributed by atoms with van der Waals surface area (Å²) >= 11 is 5.96. The van der Waals surface area contributed by atoms with Crippen LogP contribution in [0.25, 0.3) is 5.65 Å². The fourth-order valence-corrected chi connectivity index (χ4v) is 1.98. The molecule has 0 saturated carbocycles. The van der Waals surface area contributed by atoms with E-state index < -0.39 is 5.82 Å². The molecule has 0 aliphatic carbocycles. The highest BCUT2D eigenvalue weighted by molar-refractivity contribution is 6.33. The van der Waals surface area contributed by atoms with Gasteiger partial charge in [0.05, 0.1) is 16.9 Å². The molecule has 5 nitrogen and oxygen atoms in total. The summed E-state index contributed by atoms with van der Waals surface area (Å²) in [5.74, 6) is 0.166. The van der Waals surface area contributed by atoms with Crippen molar-refractivity contribution in [1.29, 1.82) is 0 Å². The third-order valence-corrected chi connectivity index (χ3v) is 2.91. The van der Waals surface area contributed by atoms with Crippen LogP contribution in [-0.2, 0) is 0 Å². The summed E-state index contributed by atoms with van der Waals surface area (Å²) in [6.45, 7) is 0. The van der Waals surface area contributed by atoms with Crippen LogP contribution in [0, 0.1) is 5.82 Å². The predicted molar refractivity (Wildman–Crippen MR) is 72.1 cm³/mol. The topological polar surface area (TPSA) is 68.2 Å². The Labute approximate surface area is 112 Å². The number of fused-ring (bicyclic) bond motifs is 1. The van der Waals surface area contributed by atoms with Crippen LogP contribution in [0.5, 0.6) is 0 Å². The molecule has 3 aromatic rings. The maximum Gasteiger partial charge on any atom is 0.180 e. The second-order valence-corrected chi connectivity index (χ2v) is 4.30. The van der Waals surface area contributed by atoms with Crippen LogP contribution in [-0.4, -0.2) is 14.4 Å². The van der Waals surface area contributed by atoms with E-state index in [1.165, 1.54) is 12.1 Å². The molecule has 19 heavy (non-hydrogen) atoms. The number of benzene rings is 1. The number of nitrogens with one attached hydrogen (secondary N) is 1. The number of hydrogen-bond donors (Lipinski definition) is 2. The van der Waals surface area contributed by atoms with Gasteiger partial charge in [-0.2, -0.15) is 0 Å². The van der Waals surface area contributed by atoms with Crippen LogP contribution < -0.4 is 11.1 Å². The average molecular weight is 278 g/mol. The molecular formula is C12H9ClFN5. The Bertz CT molecular complexity index is 735. The van der Waals surface area contributed by atoms with Gasteiger partial charge in [-0.25, -0.2) is 14.4 Å². The molecule has 0 aliphatic rings. The van der Waals surface area contributed by atoms with E-state index in [0.717, 1.165) is 0 Å². The van der Waals surface area contributed by atoms with Crippen molar-refractivity contribution in [2.75, 3.05) is 11.1 Å². The van der Waals surface area contributed by atoms with Crippen molar-refractivity contribution in [3.8, 4) is 0 Å². The zero-order valence-corrected chi connectivity index (χ0v) is 10.4. The van der Waals surface area contributed by atoms with Gasteiger partial charge in [0.25, 0.3) is 0 Å². The first-order valence-corrected chi connectivity index (χ1v) is 5.83. The molecule has 2 heterocycles. The zero-order chi connectivity index (χ0) is 13.4. The Kier molecular flexibility index (Phi) is 2.72. The van der Waals surface area contributed by atoms with Crippen molar-refractivity contribution >= 4 is 34.6 Å². The van der Waals surface area contributed by atoms with E-state index in [0.29, 0.717) is 17.3 Å². The molecule has 0 unspecified atom stereocenters. The molecule has 0 fully saturated rings. The van der Waals surface area contributed by atoms with Gasteiger partial charge < -0.3 is 15.5 Å². The lowest BCUT2D eigenvalue weighted by molar-refractivity contribution is 0.632. The van der Waals surface area contributed by atoms with Gasteiger partial charge >= 0.3 is 0 Å². The molecule has 0 bridgehead atoms. The molecular weight excluding hydrogens is 269 g/mol. The third kappa shape index (κ3) is 2.06.